The standard InChI is InChI=1S/C48H59ClN2O9/c1-3-27-57-48-43(51(2)47(54)56-29-24-49)32-41(50-60-44-17-9-12-28-55-44)39-30-35(15-7-10-25-52)38(16-8-11-26-53)45(46(39)48)40-31-37(22-23-42(40)59-48)58-36-20-18-34(19-21-36)33-13-5-4-6-14-33/h3-6,13-14,18-23,30-31,35,38,43-46,52-53H,1,7-12,15-17,24-29,32H2,2H3. The first kappa shape index (κ1) is 43.7. The minimum absolute atomic E-state index is 0.0438. The number of benzene rings is 3. The number of allylic oxidation sites excluding steroid dienone is 1. The maximum Gasteiger partial charge on any atom is 0.410 e. The normalized spacial score (nSPS) is 26.2. The van der Waals surface area contributed by atoms with E-state index in [0.717, 1.165) is 67.2 Å². The lowest BCUT2D eigenvalue weighted by Gasteiger charge is -2.59. The number of rotatable bonds is 19. The molecule has 0 aromatic heterocycles. The molecule has 12 heteroatoms. The monoisotopic (exact) mass is 842 g/mol. The highest BCUT2D eigenvalue weighted by Gasteiger charge is 2.65. The molecule has 2 N–H and O–H groups in total. The van der Waals surface area contributed by atoms with E-state index in [2.05, 4.69) is 43.0 Å². The van der Waals surface area contributed by atoms with Crippen molar-refractivity contribution in [3.63, 3.8) is 0 Å². The second-order valence-electron chi connectivity index (χ2n) is 16.1. The van der Waals surface area contributed by atoms with Gasteiger partial charge in [-0.05, 0) is 97.4 Å². The number of amides is 1. The number of hydrogen-bond acceptors (Lipinski definition) is 10. The molecule has 2 heterocycles. The van der Waals surface area contributed by atoms with Gasteiger partial charge in [0, 0.05) is 44.6 Å². The molecule has 0 radical (unpaired) electrons. The van der Waals surface area contributed by atoms with Crippen LogP contribution < -0.4 is 9.47 Å². The fraction of sp³-hybridized carbons (Fsp3) is 0.500. The fourth-order valence-corrected chi connectivity index (χ4v) is 9.62. The molecule has 2 aliphatic heterocycles. The summed E-state index contributed by atoms with van der Waals surface area (Å²) in [7, 11) is 1.70. The molecule has 60 heavy (non-hydrogen) atoms. The number of ether oxygens (including phenoxy) is 5. The van der Waals surface area contributed by atoms with Crippen molar-refractivity contribution >= 4 is 23.4 Å². The number of likely N-dealkylation sites (N-methyl/N-ethyl adjacent to an activating group) is 1. The number of nitrogens with zero attached hydrogens (tertiary/aromatic N) is 2. The summed E-state index contributed by atoms with van der Waals surface area (Å²) in [6, 6.07) is 23.5. The number of fused-ring (bicyclic) bond motifs is 2. The van der Waals surface area contributed by atoms with Crippen molar-refractivity contribution < 1.29 is 43.5 Å². The van der Waals surface area contributed by atoms with Crippen LogP contribution in [0.3, 0.4) is 0 Å². The molecule has 3 aromatic carbocycles. The predicted octanol–water partition coefficient (Wildman–Crippen LogP) is 9.61. The van der Waals surface area contributed by atoms with Gasteiger partial charge in [-0.25, -0.2) is 4.79 Å². The van der Waals surface area contributed by atoms with Crippen molar-refractivity contribution in [3.05, 3.63) is 103 Å². The number of unbranched alkanes of at least 4 members (excludes halogenated alkanes) is 2. The summed E-state index contributed by atoms with van der Waals surface area (Å²) >= 11 is 5.97. The summed E-state index contributed by atoms with van der Waals surface area (Å²) in [6.07, 6.45) is 10.6. The third-order valence-corrected chi connectivity index (χ3v) is 12.5. The summed E-state index contributed by atoms with van der Waals surface area (Å²) in [5, 5.41) is 24.7. The Hall–Kier alpha value is -4.39. The van der Waals surface area contributed by atoms with Crippen molar-refractivity contribution in [3.8, 4) is 28.4 Å². The lowest BCUT2D eigenvalue weighted by Crippen LogP contribution is -2.69. The van der Waals surface area contributed by atoms with Crippen LogP contribution in [-0.4, -0.2) is 91.0 Å². The Kier molecular flexibility index (Phi) is 15.2. The highest BCUT2D eigenvalue weighted by atomic mass is 35.5. The first-order valence-electron chi connectivity index (χ1n) is 21.6. The lowest BCUT2D eigenvalue weighted by atomic mass is 9.55. The molecule has 1 saturated carbocycles. The second-order valence-corrected chi connectivity index (χ2v) is 16.5. The minimum atomic E-state index is -1.40. The van der Waals surface area contributed by atoms with Crippen molar-refractivity contribution in [1.82, 2.24) is 4.90 Å². The molecule has 7 rings (SSSR count). The molecule has 4 aliphatic rings. The molecule has 1 saturated heterocycles. The maximum atomic E-state index is 13.8. The van der Waals surface area contributed by atoms with E-state index in [1.165, 1.54) is 0 Å². The van der Waals surface area contributed by atoms with E-state index in [-0.39, 0.29) is 56.5 Å². The molecule has 2 fully saturated rings. The van der Waals surface area contributed by atoms with Crippen molar-refractivity contribution in [2.45, 2.75) is 88.2 Å². The van der Waals surface area contributed by atoms with Gasteiger partial charge in [0.1, 0.15) is 29.9 Å². The van der Waals surface area contributed by atoms with Gasteiger partial charge in [0.2, 0.25) is 12.1 Å². The van der Waals surface area contributed by atoms with Crippen LogP contribution in [0, 0.1) is 17.8 Å². The number of carbonyl (C=O) groups excluding carboxylic acids is 1. The number of aliphatic hydroxyl groups is 2. The quantitative estimate of drug-likeness (QED) is 0.0525. The van der Waals surface area contributed by atoms with E-state index in [1.807, 2.05) is 42.5 Å². The molecule has 0 bridgehead atoms. The van der Waals surface area contributed by atoms with E-state index in [4.69, 9.17) is 45.3 Å². The molecule has 7 atom stereocenters. The van der Waals surface area contributed by atoms with Crippen LogP contribution in [0.25, 0.3) is 11.1 Å². The summed E-state index contributed by atoms with van der Waals surface area (Å²) in [6.45, 7) is 5.01. The summed E-state index contributed by atoms with van der Waals surface area (Å²) in [5.41, 5.74) is 4.82. The summed E-state index contributed by atoms with van der Waals surface area (Å²) < 4.78 is 32.3. The second kappa shape index (κ2) is 20.9. The lowest BCUT2D eigenvalue weighted by molar-refractivity contribution is -0.254. The molecular weight excluding hydrogens is 784 g/mol. The van der Waals surface area contributed by atoms with E-state index in [9.17, 15) is 15.0 Å². The van der Waals surface area contributed by atoms with Gasteiger partial charge in [-0.1, -0.05) is 72.6 Å². The van der Waals surface area contributed by atoms with Gasteiger partial charge in [-0.2, -0.15) is 0 Å². The average Bonchev–Trinajstić information content (AvgIpc) is 3.28. The predicted molar refractivity (Wildman–Crippen MR) is 231 cm³/mol. The van der Waals surface area contributed by atoms with Gasteiger partial charge in [0.05, 0.1) is 30.7 Å². The van der Waals surface area contributed by atoms with Gasteiger partial charge in [-0.15, -0.1) is 18.2 Å². The Labute approximate surface area is 358 Å². The molecule has 1 amide bonds. The summed E-state index contributed by atoms with van der Waals surface area (Å²) in [4.78, 5) is 21.5. The number of hydrogen-bond donors (Lipinski definition) is 2. The number of oxime groups is 1. The Morgan fingerprint density at radius 1 is 0.983 bits per heavy atom. The van der Waals surface area contributed by atoms with Crippen molar-refractivity contribution in [2.24, 2.45) is 22.9 Å². The number of alkyl halides is 1. The van der Waals surface area contributed by atoms with E-state index in [1.54, 1.807) is 18.0 Å². The van der Waals surface area contributed by atoms with Gasteiger partial charge < -0.3 is 43.6 Å². The van der Waals surface area contributed by atoms with Crippen LogP contribution in [0.4, 0.5) is 4.79 Å². The SMILES string of the molecule is C=CCOC12Oc3ccc(Oc4ccc(-c5ccccc5)cc4)cc3C3C(CCCCO)C(CCCCO)C=C(C(=NOC4CCCCO4)CC1N(C)C(=O)OCCCl)C32. The maximum absolute atomic E-state index is 13.8. The zero-order valence-corrected chi connectivity index (χ0v) is 35.3. The number of halogens is 1. The number of carbonyl (C=O) groups is 1. The van der Waals surface area contributed by atoms with Gasteiger partial charge in [0.15, 0.2) is 0 Å². The van der Waals surface area contributed by atoms with Crippen molar-refractivity contribution in [2.75, 3.05) is 46.0 Å². The smallest absolute Gasteiger partial charge is 0.410 e. The Morgan fingerprint density at radius 3 is 2.45 bits per heavy atom. The van der Waals surface area contributed by atoms with Gasteiger partial charge >= 0.3 is 6.09 Å². The largest absolute Gasteiger partial charge is 0.459 e. The fourth-order valence-electron chi connectivity index (χ4n) is 9.55. The zero-order chi connectivity index (χ0) is 41.9. The van der Waals surface area contributed by atoms with E-state index >= 15 is 0 Å². The Balaban J connectivity index is 1.37. The zero-order valence-electron chi connectivity index (χ0n) is 34.6. The molecule has 3 aromatic rings. The minimum Gasteiger partial charge on any atom is -0.459 e. The topological polar surface area (TPSA) is 129 Å². The van der Waals surface area contributed by atoms with E-state index in [0.29, 0.717) is 42.4 Å². The summed E-state index contributed by atoms with van der Waals surface area (Å²) in [5.74, 6) is 0.239. The van der Waals surface area contributed by atoms with Crippen LogP contribution in [-0.2, 0) is 19.0 Å². The molecule has 322 valence electrons. The van der Waals surface area contributed by atoms with Crippen LogP contribution in [0.1, 0.15) is 75.7 Å². The molecule has 11 nitrogen and oxygen atoms in total. The van der Waals surface area contributed by atoms with Gasteiger partial charge in [0.25, 0.3) is 0 Å². The third kappa shape index (κ3) is 9.71. The molecule has 7 unspecified atom stereocenters. The third-order valence-electron chi connectivity index (χ3n) is 12.3. The molecule has 0 spiro atoms. The average molecular weight is 843 g/mol. The van der Waals surface area contributed by atoms with Crippen LogP contribution in [0.15, 0.2) is 102 Å². The number of aliphatic hydroxyl groups excluding tert-OH is 2. The van der Waals surface area contributed by atoms with Crippen LogP contribution >= 0.6 is 11.6 Å². The van der Waals surface area contributed by atoms with E-state index < -0.39 is 30.1 Å². The molecular formula is C48H59ClN2O9. The molecule has 2 aliphatic carbocycles. The van der Waals surface area contributed by atoms with Crippen LogP contribution in [0.5, 0.6) is 17.2 Å². The Morgan fingerprint density at radius 2 is 1.73 bits per heavy atom. The van der Waals surface area contributed by atoms with Crippen molar-refractivity contribution in [1.29, 1.82) is 0 Å². The first-order valence-corrected chi connectivity index (χ1v) is 22.1. The highest BCUT2D eigenvalue weighted by Crippen LogP contribution is 2.62. The first-order chi connectivity index (χ1) is 29.4. The Bertz CT molecular complexity index is 1940. The highest BCUT2D eigenvalue weighted by molar-refractivity contribution is 6.18. The van der Waals surface area contributed by atoms with Gasteiger partial charge in [-0.3, -0.25) is 0 Å². The van der Waals surface area contributed by atoms with Crippen LogP contribution in [0.2, 0.25) is 0 Å².